The third kappa shape index (κ3) is 3.32. The molecule has 0 aliphatic heterocycles. The highest BCUT2D eigenvalue weighted by atomic mass is 19.1. The molecule has 0 saturated heterocycles. The van der Waals surface area contributed by atoms with Gasteiger partial charge < -0.3 is 5.32 Å². The zero-order chi connectivity index (χ0) is 20.1. The summed E-state index contributed by atoms with van der Waals surface area (Å²) in [5.74, 6) is -0.497. The third-order valence-electron chi connectivity index (χ3n) is 5.38. The van der Waals surface area contributed by atoms with Gasteiger partial charge in [-0.25, -0.2) is 9.07 Å². The number of rotatable bonds is 3. The highest BCUT2D eigenvalue weighted by Crippen LogP contribution is 2.41. The summed E-state index contributed by atoms with van der Waals surface area (Å²) in [6.07, 6.45) is 3.38. The molecule has 2 aromatic heterocycles. The second-order valence-corrected chi connectivity index (χ2v) is 8.30. The lowest BCUT2D eigenvalue weighted by Gasteiger charge is -2.35. The van der Waals surface area contributed by atoms with Crippen molar-refractivity contribution in [2.45, 2.75) is 39.7 Å². The number of amides is 1. The molecule has 0 fully saturated rings. The number of nitrogens with zero attached hydrogens (tertiary/aromatic N) is 4. The zero-order valence-corrected chi connectivity index (χ0v) is 16.5. The first kappa shape index (κ1) is 18.4. The van der Waals surface area contributed by atoms with Crippen molar-refractivity contribution in [1.29, 1.82) is 0 Å². The quantitative estimate of drug-likeness (QED) is 0.755. The van der Waals surface area contributed by atoms with Gasteiger partial charge in [-0.05, 0) is 49.4 Å². The number of carbonyl (C=O) groups excluding carboxylic acids is 1. The molecule has 1 aliphatic rings. The minimum absolute atomic E-state index is 0.0317. The molecule has 0 radical (unpaired) electrons. The summed E-state index contributed by atoms with van der Waals surface area (Å²) in [5.41, 5.74) is 3.96. The number of halogens is 1. The van der Waals surface area contributed by atoms with E-state index < -0.39 is 0 Å². The summed E-state index contributed by atoms with van der Waals surface area (Å²) in [7, 11) is 1.82. The maximum Gasteiger partial charge on any atom is 0.272 e. The van der Waals surface area contributed by atoms with E-state index in [1.54, 1.807) is 27.7 Å². The fourth-order valence-corrected chi connectivity index (χ4v) is 3.91. The molecule has 1 amide bonds. The first-order valence-electron chi connectivity index (χ1n) is 9.38. The Morgan fingerprint density at radius 1 is 1.32 bits per heavy atom. The molecule has 0 unspecified atom stereocenters. The molecule has 1 aromatic carbocycles. The molecule has 1 N–H and O–H groups in total. The number of carbonyl (C=O) groups is 1. The van der Waals surface area contributed by atoms with Crippen LogP contribution in [0.3, 0.4) is 0 Å². The van der Waals surface area contributed by atoms with Gasteiger partial charge in [0.1, 0.15) is 11.5 Å². The Bertz CT molecular complexity index is 1030. The average Bonchev–Trinajstić information content (AvgIpc) is 3.17. The second-order valence-electron chi connectivity index (χ2n) is 8.30. The van der Waals surface area contributed by atoms with E-state index in [-0.39, 0.29) is 23.2 Å². The van der Waals surface area contributed by atoms with Gasteiger partial charge in [-0.1, -0.05) is 19.9 Å². The lowest BCUT2D eigenvalue weighted by molar-refractivity contribution is 0.0913. The van der Waals surface area contributed by atoms with Crippen LogP contribution in [-0.4, -0.2) is 25.5 Å². The molecule has 6 nitrogen and oxygen atoms in total. The van der Waals surface area contributed by atoms with Gasteiger partial charge in [0.2, 0.25) is 0 Å². The van der Waals surface area contributed by atoms with E-state index in [9.17, 15) is 9.18 Å². The number of fused-ring (bicyclic) bond motifs is 1. The molecular weight excluding hydrogens is 357 g/mol. The molecule has 0 saturated carbocycles. The maximum atomic E-state index is 13.7. The lowest BCUT2D eigenvalue weighted by atomic mass is 9.74. The van der Waals surface area contributed by atoms with Crippen LogP contribution in [0.1, 0.15) is 53.7 Å². The Kier molecular flexibility index (Phi) is 4.33. The second kappa shape index (κ2) is 6.58. The van der Waals surface area contributed by atoms with E-state index in [0.29, 0.717) is 11.4 Å². The number of aromatic nitrogens is 4. The van der Waals surface area contributed by atoms with Gasteiger partial charge in [-0.3, -0.25) is 9.48 Å². The Morgan fingerprint density at radius 3 is 2.79 bits per heavy atom. The first-order chi connectivity index (χ1) is 13.2. The lowest BCUT2D eigenvalue weighted by Crippen LogP contribution is -2.37. The Morgan fingerprint density at radius 2 is 2.11 bits per heavy atom. The summed E-state index contributed by atoms with van der Waals surface area (Å²) in [6, 6.07) is 8.01. The van der Waals surface area contributed by atoms with E-state index in [1.165, 1.54) is 12.1 Å². The summed E-state index contributed by atoms with van der Waals surface area (Å²) in [5, 5.41) is 11.9. The molecule has 28 heavy (non-hydrogen) atoms. The number of hydrogen-bond donors (Lipinski definition) is 1. The van der Waals surface area contributed by atoms with Crippen LogP contribution in [0.5, 0.6) is 0 Å². The molecule has 1 aliphatic carbocycles. The molecular formula is C21H24FN5O. The van der Waals surface area contributed by atoms with Crippen LogP contribution in [0.25, 0.3) is 5.69 Å². The van der Waals surface area contributed by atoms with Gasteiger partial charge in [0.25, 0.3) is 5.91 Å². The van der Waals surface area contributed by atoms with E-state index in [4.69, 9.17) is 0 Å². The van der Waals surface area contributed by atoms with Crippen molar-refractivity contribution >= 4 is 5.91 Å². The van der Waals surface area contributed by atoms with Crippen LogP contribution < -0.4 is 5.32 Å². The van der Waals surface area contributed by atoms with Crippen LogP contribution in [0, 0.1) is 18.2 Å². The van der Waals surface area contributed by atoms with Gasteiger partial charge in [-0.2, -0.15) is 10.2 Å². The smallest absolute Gasteiger partial charge is 0.272 e. The topological polar surface area (TPSA) is 64.7 Å². The SMILES string of the molecule is Cc1cc(C(=O)N[C@H]2CC(C)(C)Cc3c2cnn3-c2cccc(F)c2)nn1C. The summed E-state index contributed by atoms with van der Waals surface area (Å²) >= 11 is 0. The Balaban J connectivity index is 1.68. The number of aryl methyl sites for hydroxylation is 2. The predicted octanol–water partition coefficient (Wildman–Crippen LogP) is 3.50. The number of hydrogen-bond acceptors (Lipinski definition) is 3. The van der Waals surface area contributed by atoms with Crippen molar-refractivity contribution in [3.8, 4) is 5.69 Å². The molecule has 3 aromatic rings. The average molecular weight is 381 g/mol. The number of benzene rings is 1. The first-order valence-corrected chi connectivity index (χ1v) is 9.38. The van der Waals surface area contributed by atoms with Gasteiger partial charge in [0, 0.05) is 18.3 Å². The van der Waals surface area contributed by atoms with Crippen molar-refractivity contribution in [3.63, 3.8) is 0 Å². The van der Waals surface area contributed by atoms with Crippen molar-refractivity contribution in [2.75, 3.05) is 0 Å². The number of nitrogens with one attached hydrogen (secondary N) is 1. The molecule has 0 bridgehead atoms. The van der Waals surface area contributed by atoms with Crippen molar-refractivity contribution in [2.24, 2.45) is 12.5 Å². The highest BCUT2D eigenvalue weighted by Gasteiger charge is 2.36. The molecule has 146 valence electrons. The van der Waals surface area contributed by atoms with Crippen LogP contribution >= 0.6 is 0 Å². The van der Waals surface area contributed by atoms with Crippen LogP contribution in [0.4, 0.5) is 4.39 Å². The molecule has 4 rings (SSSR count). The zero-order valence-electron chi connectivity index (χ0n) is 16.5. The summed E-state index contributed by atoms with van der Waals surface area (Å²) < 4.78 is 17.2. The summed E-state index contributed by atoms with van der Waals surface area (Å²) in [6.45, 7) is 6.25. The fraction of sp³-hybridized carbons (Fsp3) is 0.381. The fourth-order valence-electron chi connectivity index (χ4n) is 3.91. The Hall–Kier alpha value is -2.96. The van der Waals surface area contributed by atoms with Crippen LogP contribution in [0.15, 0.2) is 36.5 Å². The highest BCUT2D eigenvalue weighted by molar-refractivity contribution is 5.92. The summed E-state index contributed by atoms with van der Waals surface area (Å²) in [4.78, 5) is 12.8. The van der Waals surface area contributed by atoms with Gasteiger partial charge in [0.15, 0.2) is 0 Å². The van der Waals surface area contributed by atoms with Gasteiger partial charge in [0.05, 0.1) is 23.6 Å². The largest absolute Gasteiger partial charge is 0.344 e. The van der Waals surface area contributed by atoms with E-state index in [2.05, 4.69) is 29.4 Å². The standard InChI is InChI=1S/C21H24FN5O/c1-13-8-17(25-26(13)4)20(28)24-18-10-21(2,3)11-19-16(18)12-23-27(19)15-7-5-6-14(22)9-15/h5-9,12,18H,10-11H2,1-4H3,(H,24,28)/t18-/m0/s1. The van der Waals surface area contributed by atoms with Crippen LogP contribution in [0.2, 0.25) is 0 Å². The van der Waals surface area contributed by atoms with Gasteiger partial charge in [-0.15, -0.1) is 0 Å². The predicted molar refractivity (Wildman–Crippen MR) is 104 cm³/mol. The van der Waals surface area contributed by atoms with E-state index in [1.807, 2.05) is 20.0 Å². The van der Waals surface area contributed by atoms with Crippen molar-refractivity contribution in [3.05, 3.63) is 65.0 Å². The molecule has 0 spiro atoms. The van der Waals surface area contributed by atoms with Crippen molar-refractivity contribution in [1.82, 2.24) is 24.9 Å². The maximum absolute atomic E-state index is 13.7. The van der Waals surface area contributed by atoms with E-state index >= 15 is 0 Å². The monoisotopic (exact) mass is 381 g/mol. The normalized spacial score (nSPS) is 18.0. The molecule has 7 heteroatoms. The van der Waals surface area contributed by atoms with Crippen LogP contribution in [-0.2, 0) is 13.5 Å². The minimum atomic E-state index is -0.299. The minimum Gasteiger partial charge on any atom is -0.344 e. The van der Waals surface area contributed by atoms with Crippen molar-refractivity contribution < 1.29 is 9.18 Å². The molecule has 2 heterocycles. The van der Waals surface area contributed by atoms with Gasteiger partial charge >= 0.3 is 0 Å². The van der Waals surface area contributed by atoms with E-state index in [0.717, 1.165) is 29.8 Å². The third-order valence-corrected chi connectivity index (χ3v) is 5.38. The molecule has 1 atom stereocenters. The Labute approximate surface area is 163 Å².